The quantitative estimate of drug-likeness (QED) is 0.260. The molecule has 0 bridgehead atoms. The summed E-state index contributed by atoms with van der Waals surface area (Å²) in [6.45, 7) is 2.79. The Balaban J connectivity index is 3.23. The molecule has 0 aliphatic heterocycles. The van der Waals surface area contributed by atoms with E-state index >= 15 is 0 Å². The lowest BCUT2D eigenvalue weighted by atomic mass is 10.0. The maximum Gasteiger partial charge on any atom is 0.133 e. The van der Waals surface area contributed by atoms with E-state index in [1.807, 2.05) is 0 Å². The first-order chi connectivity index (χ1) is 9.45. The number of carbonyl (C=O) groups is 1. The van der Waals surface area contributed by atoms with Crippen LogP contribution in [0.5, 0.6) is 0 Å². The number of quaternary nitrogens is 1. The number of Topliss-reactive ketones (excluding diaryl/α,β-unsaturated/α-hetero) is 1. The van der Waals surface area contributed by atoms with Crippen LogP contribution >= 0.6 is 0 Å². The van der Waals surface area contributed by atoms with E-state index in [1.165, 1.54) is 51.4 Å². The zero-order valence-corrected chi connectivity index (χ0v) is 14.0. The van der Waals surface area contributed by atoms with E-state index in [-0.39, 0.29) is 4.65 Å². The average Bonchev–Trinajstić information content (AvgIpc) is 2.35. The molecule has 3 heteroatoms. The number of hydrogen-bond donors (Lipinski definition) is 0. The van der Waals surface area contributed by atoms with Crippen LogP contribution in [0.4, 0.5) is 0 Å². The molecule has 0 amide bonds. The molecule has 0 spiro atoms. The summed E-state index contributed by atoms with van der Waals surface area (Å²) in [6, 6.07) is 0. The number of ketones is 1. The van der Waals surface area contributed by atoms with Crippen molar-refractivity contribution in [2.24, 2.45) is 0 Å². The largest absolute Gasteiger partial charge is 0.633 e. The van der Waals surface area contributed by atoms with Crippen molar-refractivity contribution >= 4 is 5.78 Å². The Kier molecular flexibility index (Phi) is 12.1. The summed E-state index contributed by atoms with van der Waals surface area (Å²) >= 11 is 0. The van der Waals surface area contributed by atoms with E-state index in [0.717, 1.165) is 12.8 Å². The van der Waals surface area contributed by atoms with Crippen molar-refractivity contribution in [1.29, 1.82) is 0 Å². The van der Waals surface area contributed by atoms with Gasteiger partial charge in [-0.1, -0.05) is 58.3 Å². The van der Waals surface area contributed by atoms with E-state index in [1.54, 1.807) is 14.1 Å². The van der Waals surface area contributed by atoms with Gasteiger partial charge in [0.2, 0.25) is 0 Å². The van der Waals surface area contributed by atoms with Crippen molar-refractivity contribution in [1.82, 2.24) is 0 Å². The molecule has 0 aliphatic rings. The van der Waals surface area contributed by atoms with Crippen molar-refractivity contribution in [3.63, 3.8) is 0 Å². The molecular weight excluding hydrogens is 250 g/mol. The van der Waals surface area contributed by atoms with Crippen LogP contribution in [0.3, 0.4) is 0 Å². The Morgan fingerprint density at radius 2 is 1.25 bits per heavy atom. The third kappa shape index (κ3) is 15.6. The molecule has 0 aromatic carbocycles. The summed E-state index contributed by atoms with van der Waals surface area (Å²) in [5.41, 5.74) is 0. The minimum Gasteiger partial charge on any atom is -0.633 e. The average molecular weight is 285 g/mol. The summed E-state index contributed by atoms with van der Waals surface area (Å²) < 4.78 is -0.286. The van der Waals surface area contributed by atoms with Crippen LogP contribution in [0.2, 0.25) is 0 Å². The Hall–Kier alpha value is -0.410. The van der Waals surface area contributed by atoms with Crippen LogP contribution in [-0.4, -0.2) is 31.1 Å². The normalized spacial score (nSPS) is 11.8. The number of unbranched alkanes of at least 4 members (excludes halogenated alkanes) is 8. The lowest BCUT2D eigenvalue weighted by molar-refractivity contribution is -0.840. The molecule has 120 valence electrons. The number of hydroxylamine groups is 3. The second kappa shape index (κ2) is 12.3. The van der Waals surface area contributed by atoms with Crippen LogP contribution in [0.1, 0.15) is 84.0 Å². The molecule has 0 radical (unpaired) electrons. The van der Waals surface area contributed by atoms with Crippen LogP contribution in [-0.2, 0) is 4.79 Å². The fraction of sp³-hybridized carbons (Fsp3) is 0.941. The molecule has 0 fully saturated rings. The van der Waals surface area contributed by atoms with Gasteiger partial charge < -0.3 is 9.85 Å². The van der Waals surface area contributed by atoms with Gasteiger partial charge in [0.25, 0.3) is 0 Å². The van der Waals surface area contributed by atoms with Gasteiger partial charge in [-0.05, 0) is 6.42 Å². The molecule has 0 N–H and O–H groups in total. The van der Waals surface area contributed by atoms with Gasteiger partial charge in [-0.2, -0.15) is 0 Å². The molecule has 0 atom stereocenters. The zero-order valence-electron chi connectivity index (χ0n) is 14.0. The molecule has 0 unspecified atom stereocenters. The Bertz CT molecular complexity index is 234. The predicted octanol–water partition coefficient (Wildman–Crippen LogP) is 4.83. The van der Waals surface area contributed by atoms with Crippen molar-refractivity contribution < 1.29 is 9.44 Å². The standard InChI is InChI=1S/C17H35NO2/c1-4-5-6-7-8-9-10-11-12-14-17(19)15-13-16-18(2,3)20/h4-16H2,1-3H3. The lowest BCUT2D eigenvalue weighted by Gasteiger charge is -2.33. The lowest BCUT2D eigenvalue weighted by Crippen LogP contribution is -2.33. The van der Waals surface area contributed by atoms with E-state index in [0.29, 0.717) is 25.2 Å². The van der Waals surface area contributed by atoms with E-state index in [4.69, 9.17) is 0 Å². The number of carbonyl (C=O) groups excluding carboxylic acids is 1. The van der Waals surface area contributed by atoms with Crippen LogP contribution in [0.15, 0.2) is 0 Å². The van der Waals surface area contributed by atoms with E-state index in [9.17, 15) is 10.0 Å². The van der Waals surface area contributed by atoms with E-state index in [2.05, 4.69) is 6.92 Å². The summed E-state index contributed by atoms with van der Waals surface area (Å²) in [5, 5.41) is 11.3. The molecule has 0 aliphatic carbocycles. The first kappa shape index (κ1) is 19.6. The highest BCUT2D eigenvalue weighted by atomic mass is 16.5. The highest BCUT2D eigenvalue weighted by molar-refractivity contribution is 5.78. The van der Waals surface area contributed by atoms with Gasteiger partial charge in [-0.25, -0.2) is 0 Å². The van der Waals surface area contributed by atoms with E-state index < -0.39 is 0 Å². The van der Waals surface area contributed by atoms with Crippen LogP contribution in [0, 0.1) is 5.21 Å². The van der Waals surface area contributed by atoms with Gasteiger partial charge in [-0.3, -0.25) is 4.79 Å². The second-order valence-electron chi connectivity index (χ2n) is 6.52. The smallest absolute Gasteiger partial charge is 0.133 e. The van der Waals surface area contributed by atoms with Crippen LogP contribution < -0.4 is 0 Å². The second-order valence-corrected chi connectivity index (χ2v) is 6.52. The minimum absolute atomic E-state index is 0.286. The molecule has 0 aromatic rings. The minimum atomic E-state index is -0.286. The van der Waals surface area contributed by atoms with Crippen molar-refractivity contribution in [2.45, 2.75) is 84.0 Å². The number of rotatable bonds is 14. The Morgan fingerprint density at radius 3 is 1.75 bits per heavy atom. The molecule has 0 rings (SSSR count). The monoisotopic (exact) mass is 285 g/mol. The van der Waals surface area contributed by atoms with Gasteiger partial charge in [0, 0.05) is 19.3 Å². The first-order valence-electron chi connectivity index (χ1n) is 8.51. The molecular formula is C17H35NO2. The van der Waals surface area contributed by atoms with Gasteiger partial charge in [0.1, 0.15) is 5.78 Å². The van der Waals surface area contributed by atoms with Gasteiger partial charge >= 0.3 is 0 Å². The third-order valence-corrected chi connectivity index (χ3v) is 3.71. The molecule has 20 heavy (non-hydrogen) atoms. The molecule has 0 aromatic heterocycles. The SMILES string of the molecule is CCCCCCCCCCCC(=O)CCC[N+](C)(C)[O-]. The van der Waals surface area contributed by atoms with Crippen molar-refractivity contribution in [2.75, 3.05) is 20.6 Å². The summed E-state index contributed by atoms with van der Waals surface area (Å²) in [6.07, 6.45) is 13.6. The summed E-state index contributed by atoms with van der Waals surface area (Å²) in [4.78, 5) is 11.6. The summed E-state index contributed by atoms with van der Waals surface area (Å²) in [7, 11) is 3.26. The maximum absolute atomic E-state index is 11.6. The third-order valence-electron chi connectivity index (χ3n) is 3.71. The van der Waals surface area contributed by atoms with Crippen molar-refractivity contribution in [3.8, 4) is 0 Å². The Morgan fingerprint density at radius 1 is 0.800 bits per heavy atom. The number of nitrogens with zero attached hydrogens (tertiary/aromatic N) is 1. The number of hydrogen-bond acceptors (Lipinski definition) is 2. The Labute approximate surface area is 125 Å². The van der Waals surface area contributed by atoms with Gasteiger partial charge in [-0.15, -0.1) is 0 Å². The van der Waals surface area contributed by atoms with Crippen LogP contribution in [0.25, 0.3) is 0 Å². The highest BCUT2D eigenvalue weighted by Crippen LogP contribution is 2.11. The molecule has 0 saturated carbocycles. The first-order valence-corrected chi connectivity index (χ1v) is 8.51. The fourth-order valence-corrected chi connectivity index (χ4v) is 2.41. The fourth-order valence-electron chi connectivity index (χ4n) is 2.41. The van der Waals surface area contributed by atoms with Crippen molar-refractivity contribution in [3.05, 3.63) is 5.21 Å². The summed E-state index contributed by atoms with van der Waals surface area (Å²) in [5.74, 6) is 0.335. The zero-order chi connectivity index (χ0) is 15.3. The molecule has 0 heterocycles. The molecule has 3 nitrogen and oxygen atoms in total. The van der Waals surface area contributed by atoms with Gasteiger partial charge in [0.15, 0.2) is 0 Å². The van der Waals surface area contributed by atoms with Gasteiger partial charge in [0.05, 0.1) is 20.6 Å². The highest BCUT2D eigenvalue weighted by Gasteiger charge is 2.06. The molecule has 0 saturated heterocycles. The maximum atomic E-state index is 11.6. The predicted molar refractivity (Wildman–Crippen MR) is 86.4 cm³/mol. The topological polar surface area (TPSA) is 40.1 Å².